The summed E-state index contributed by atoms with van der Waals surface area (Å²) in [6.07, 6.45) is 3.69. The van der Waals surface area contributed by atoms with Crippen LogP contribution in [0, 0.1) is 0 Å². The third-order valence-electron chi connectivity index (χ3n) is 3.95. The molecule has 1 aromatic carbocycles. The number of carbonyl (C=O) groups is 1. The zero-order valence-corrected chi connectivity index (χ0v) is 15.8. The van der Waals surface area contributed by atoms with Crippen LogP contribution in [-0.4, -0.2) is 29.1 Å². The molecule has 138 valence electrons. The minimum absolute atomic E-state index is 0.107. The lowest BCUT2D eigenvalue weighted by Gasteiger charge is -2.20. The Morgan fingerprint density at radius 3 is 3.04 bits per heavy atom. The Morgan fingerprint density at radius 2 is 2.19 bits per heavy atom. The first-order valence-electron chi connectivity index (χ1n) is 8.38. The molecule has 0 fully saturated rings. The van der Waals surface area contributed by atoms with Gasteiger partial charge in [0.1, 0.15) is 18.2 Å². The van der Waals surface area contributed by atoms with Crippen molar-refractivity contribution in [3.05, 3.63) is 58.3 Å². The molecule has 0 radical (unpaired) electrons. The monoisotopic (exact) mass is 401 g/mol. The van der Waals surface area contributed by atoms with E-state index in [4.69, 9.17) is 21.1 Å². The summed E-state index contributed by atoms with van der Waals surface area (Å²) in [5, 5.41) is 6.12. The first-order valence-corrected chi connectivity index (χ1v) is 9.64. The number of ether oxygens (including phenoxy) is 2. The average Bonchev–Trinajstić information content (AvgIpc) is 3.16. The molecule has 0 saturated carbocycles. The van der Waals surface area contributed by atoms with Crippen molar-refractivity contribution in [1.29, 1.82) is 0 Å². The maximum atomic E-state index is 12.3. The number of benzene rings is 1. The summed E-state index contributed by atoms with van der Waals surface area (Å²) in [5.74, 6) is 1.06. The van der Waals surface area contributed by atoms with Gasteiger partial charge in [0.25, 0.3) is 0 Å². The van der Waals surface area contributed by atoms with Gasteiger partial charge in [-0.25, -0.2) is 4.98 Å². The lowest BCUT2D eigenvalue weighted by Crippen LogP contribution is -2.25. The van der Waals surface area contributed by atoms with Crippen molar-refractivity contribution in [2.75, 3.05) is 13.2 Å². The van der Waals surface area contributed by atoms with Crippen LogP contribution in [0.1, 0.15) is 11.3 Å². The molecule has 2 aromatic heterocycles. The minimum atomic E-state index is -0.107. The lowest BCUT2D eigenvalue weighted by atomic mass is 10.2. The molecule has 1 aliphatic rings. The van der Waals surface area contributed by atoms with Crippen molar-refractivity contribution in [3.63, 3.8) is 0 Å². The Hall–Kier alpha value is -2.64. The van der Waals surface area contributed by atoms with Gasteiger partial charge in [0, 0.05) is 29.9 Å². The number of rotatable bonds is 5. The summed E-state index contributed by atoms with van der Waals surface area (Å²) in [7, 11) is 0. The van der Waals surface area contributed by atoms with Crippen LogP contribution in [0.15, 0.2) is 42.0 Å². The Morgan fingerprint density at radius 1 is 1.30 bits per heavy atom. The van der Waals surface area contributed by atoms with Gasteiger partial charge in [-0.05, 0) is 29.8 Å². The molecule has 3 aromatic rings. The summed E-state index contributed by atoms with van der Waals surface area (Å²) >= 11 is 7.72. The molecule has 3 heterocycles. The number of pyridine rings is 1. The third kappa shape index (κ3) is 4.20. The number of carbonyl (C=O) groups excluding carboxylic acids is 1. The molecule has 4 rings (SSSR count). The fourth-order valence-electron chi connectivity index (χ4n) is 2.70. The molecular weight excluding hydrogens is 386 g/mol. The normalized spacial score (nSPS) is 12.6. The second-order valence-corrected chi connectivity index (χ2v) is 7.21. The van der Waals surface area contributed by atoms with Crippen molar-refractivity contribution in [3.8, 4) is 22.1 Å². The SMILES string of the molecule is O=C(Cc1csc(-c2cccnc2)n1)NCc1cc(Cl)c2c(c1)OCCO2. The molecule has 1 aliphatic heterocycles. The molecule has 8 heteroatoms. The number of aromatic nitrogens is 2. The molecular formula is C19H16ClN3O3S. The second kappa shape index (κ2) is 7.94. The van der Waals surface area contributed by atoms with E-state index in [9.17, 15) is 4.79 Å². The number of thiazole rings is 1. The number of fused-ring (bicyclic) bond motifs is 1. The first-order chi connectivity index (χ1) is 13.2. The van der Waals surface area contributed by atoms with Crippen LogP contribution in [-0.2, 0) is 17.8 Å². The molecule has 0 atom stereocenters. The van der Waals surface area contributed by atoms with E-state index in [2.05, 4.69) is 15.3 Å². The maximum Gasteiger partial charge on any atom is 0.226 e. The highest BCUT2D eigenvalue weighted by molar-refractivity contribution is 7.13. The van der Waals surface area contributed by atoms with Crippen LogP contribution >= 0.6 is 22.9 Å². The summed E-state index contributed by atoms with van der Waals surface area (Å²) in [5.41, 5.74) is 2.53. The zero-order valence-electron chi connectivity index (χ0n) is 14.3. The van der Waals surface area contributed by atoms with Crippen LogP contribution in [0.3, 0.4) is 0 Å². The molecule has 1 amide bonds. The minimum Gasteiger partial charge on any atom is -0.486 e. The molecule has 0 saturated heterocycles. The average molecular weight is 402 g/mol. The van der Waals surface area contributed by atoms with E-state index in [0.29, 0.717) is 36.3 Å². The van der Waals surface area contributed by atoms with E-state index in [0.717, 1.165) is 21.8 Å². The fraction of sp³-hybridized carbons (Fsp3) is 0.211. The van der Waals surface area contributed by atoms with Gasteiger partial charge in [0.05, 0.1) is 17.1 Å². The van der Waals surface area contributed by atoms with Gasteiger partial charge in [0.2, 0.25) is 5.91 Å². The van der Waals surface area contributed by atoms with Gasteiger partial charge >= 0.3 is 0 Å². The van der Waals surface area contributed by atoms with Crippen LogP contribution < -0.4 is 14.8 Å². The van der Waals surface area contributed by atoms with E-state index in [-0.39, 0.29) is 12.3 Å². The number of amides is 1. The molecule has 6 nitrogen and oxygen atoms in total. The number of nitrogens with zero attached hydrogens (tertiary/aromatic N) is 2. The van der Waals surface area contributed by atoms with Crippen LogP contribution in [0.4, 0.5) is 0 Å². The van der Waals surface area contributed by atoms with Gasteiger partial charge in [-0.15, -0.1) is 11.3 Å². The fourth-order valence-corrected chi connectivity index (χ4v) is 3.80. The highest BCUT2D eigenvalue weighted by Crippen LogP contribution is 2.38. The zero-order chi connectivity index (χ0) is 18.6. The van der Waals surface area contributed by atoms with E-state index in [1.165, 1.54) is 11.3 Å². The summed E-state index contributed by atoms with van der Waals surface area (Å²) in [6, 6.07) is 7.42. The molecule has 27 heavy (non-hydrogen) atoms. The lowest BCUT2D eigenvalue weighted by molar-refractivity contribution is -0.120. The quantitative estimate of drug-likeness (QED) is 0.708. The Bertz CT molecular complexity index is 962. The van der Waals surface area contributed by atoms with E-state index >= 15 is 0 Å². The topological polar surface area (TPSA) is 73.3 Å². The van der Waals surface area contributed by atoms with Crippen molar-refractivity contribution < 1.29 is 14.3 Å². The Labute approximate surface area is 165 Å². The van der Waals surface area contributed by atoms with Gasteiger partial charge < -0.3 is 14.8 Å². The second-order valence-electron chi connectivity index (χ2n) is 5.94. The number of nitrogens with one attached hydrogen (secondary N) is 1. The largest absolute Gasteiger partial charge is 0.486 e. The van der Waals surface area contributed by atoms with Gasteiger partial charge in [-0.2, -0.15) is 0 Å². The molecule has 0 spiro atoms. The van der Waals surface area contributed by atoms with E-state index < -0.39 is 0 Å². The van der Waals surface area contributed by atoms with E-state index in [1.807, 2.05) is 23.6 Å². The standard InChI is InChI=1S/C19H16ClN3O3S/c20-15-6-12(7-16-18(15)26-5-4-25-16)9-22-17(24)8-14-11-27-19(23-14)13-2-1-3-21-10-13/h1-3,6-7,10-11H,4-5,8-9H2,(H,22,24). The van der Waals surface area contributed by atoms with Gasteiger partial charge in [-0.1, -0.05) is 11.6 Å². The number of halogens is 1. The summed E-state index contributed by atoms with van der Waals surface area (Å²) in [6.45, 7) is 1.33. The van der Waals surface area contributed by atoms with Crippen LogP contribution in [0.5, 0.6) is 11.5 Å². The van der Waals surface area contributed by atoms with Crippen LogP contribution in [0.2, 0.25) is 5.02 Å². The summed E-state index contributed by atoms with van der Waals surface area (Å²) in [4.78, 5) is 20.9. The highest BCUT2D eigenvalue weighted by atomic mass is 35.5. The molecule has 1 N–H and O–H groups in total. The van der Waals surface area contributed by atoms with Crippen molar-refractivity contribution in [2.45, 2.75) is 13.0 Å². The van der Waals surface area contributed by atoms with Gasteiger partial charge in [0.15, 0.2) is 11.5 Å². The maximum absolute atomic E-state index is 12.3. The predicted octanol–water partition coefficient (Wildman–Crippen LogP) is 3.49. The third-order valence-corrected chi connectivity index (χ3v) is 5.17. The molecule has 0 bridgehead atoms. The summed E-state index contributed by atoms with van der Waals surface area (Å²) < 4.78 is 11.1. The highest BCUT2D eigenvalue weighted by Gasteiger charge is 2.17. The first kappa shape index (κ1) is 17.8. The van der Waals surface area contributed by atoms with Crippen molar-refractivity contribution >= 4 is 28.8 Å². The molecule has 0 unspecified atom stereocenters. The van der Waals surface area contributed by atoms with Crippen molar-refractivity contribution in [1.82, 2.24) is 15.3 Å². The smallest absolute Gasteiger partial charge is 0.226 e. The Balaban J connectivity index is 1.36. The Kier molecular flexibility index (Phi) is 5.22. The van der Waals surface area contributed by atoms with Crippen LogP contribution in [0.25, 0.3) is 10.6 Å². The van der Waals surface area contributed by atoms with Crippen molar-refractivity contribution in [2.24, 2.45) is 0 Å². The predicted molar refractivity (Wildman–Crippen MR) is 103 cm³/mol. The van der Waals surface area contributed by atoms with E-state index in [1.54, 1.807) is 18.5 Å². The number of hydrogen-bond acceptors (Lipinski definition) is 6. The number of hydrogen-bond donors (Lipinski definition) is 1. The molecule has 0 aliphatic carbocycles. The van der Waals surface area contributed by atoms with Gasteiger partial charge in [-0.3, -0.25) is 9.78 Å².